The van der Waals surface area contributed by atoms with E-state index in [1.165, 1.54) is 0 Å². The van der Waals surface area contributed by atoms with E-state index in [4.69, 9.17) is 11.6 Å². The molecule has 1 atom stereocenters. The molecular weight excluding hydrogens is 346 g/mol. The predicted molar refractivity (Wildman–Crippen MR) is 99.4 cm³/mol. The van der Waals surface area contributed by atoms with Crippen LogP contribution in [-0.2, 0) is 10.2 Å². The molecule has 0 spiro atoms. The number of likely N-dealkylation sites (N-methyl/N-ethyl adjacent to an activating group) is 1. The molecule has 2 rings (SSSR count). The molecule has 24 heavy (non-hydrogen) atoms. The summed E-state index contributed by atoms with van der Waals surface area (Å²) in [6, 6.07) is 7.67. The van der Waals surface area contributed by atoms with E-state index in [1.54, 1.807) is 0 Å². The third kappa shape index (κ3) is 5.70. The van der Waals surface area contributed by atoms with Crippen LogP contribution in [0.2, 0.25) is 5.02 Å². The highest BCUT2D eigenvalue weighted by atomic mass is 35.5. The third-order valence-corrected chi connectivity index (χ3v) is 6.09. The van der Waals surface area contributed by atoms with Gasteiger partial charge in [0.2, 0.25) is 0 Å². The first-order valence-corrected chi connectivity index (χ1v) is 10.6. The Labute approximate surface area is 150 Å². The van der Waals surface area contributed by atoms with Gasteiger partial charge < -0.3 is 0 Å². The average Bonchev–Trinajstić information content (AvgIpc) is 3.04. The lowest BCUT2D eigenvalue weighted by molar-refractivity contribution is 0.219. The van der Waals surface area contributed by atoms with E-state index in [-0.39, 0.29) is 12.1 Å². The van der Waals surface area contributed by atoms with Gasteiger partial charge in [-0.25, -0.2) is 4.72 Å². The van der Waals surface area contributed by atoms with Crippen molar-refractivity contribution in [2.75, 3.05) is 19.6 Å². The SMILES string of the molecule is CCN(CC)C(CNS(=O)(=O)NC1CCCC1)c1ccc(Cl)cc1. The van der Waals surface area contributed by atoms with Crippen molar-refractivity contribution in [3.63, 3.8) is 0 Å². The number of hydrogen-bond donors (Lipinski definition) is 2. The summed E-state index contributed by atoms with van der Waals surface area (Å²) in [5, 5.41) is 0.681. The second-order valence-corrected chi connectivity index (χ2v) is 8.21. The van der Waals surface area contributed by atoms with Gasteiger partial charge in [0.05, 0.1) is 0 Å². The monoisotopic (exact) mass is 373 g/mol. The van der Waals surface area contributed by atoms with Crippen molar-refractivity contribution >= 4 is 21.8 Å². The molecule has 1 unspecified atom stereocenters. The molecule has 1 aromatic carbocycles. The van der Waals surface area contributed by atoms with Crippen LogP contribution in [0.4, 0.5) is 0 Å². The first kappa shape index (κ1) is 19.7. The number of rotatable bonds is 9. The van der Waals surface area contributed by atoms with E-state index in [0.29, 0.717) is 11.6 Å². The van der Waals surface area contributed by atoms with Gasteiger partial charge in [-0.3, -0.25) is 4.90 Å². The third-order valence-electron chi connectivity index (χ3n) is 4.65. The highest BCUT2D eigenvalue weighted by Crippen LogP contribution is 2.22. The molecule has 0 radical (unpaired) electrons. The van der Waals surface area contributed by atoms with Crippen molar-refractivity contribution in [2.45, 2.75) is 51.6 Å². The van der Waals surface area contributed by atoms with Gasteiger partial charge in [-0.05, 0) is 43.6 Å². The molecule has 1 fully saturated rings. The molecule has 1 aromatic rings. The first-order valence-electron chi connectivity index (χ1n) is 8.71. The molecule has 1 saturated carbocycles. The standard InChI is InChI=1S/C17H28ClN3O2S/c1-3-21(4-2)17(14-9-11-15(18)12-10-14)13-19-24(22,23)20-16-7-5-6-8-16/h9-12,16-17,19-20H,3-8,13H2,1-2H3. The smallest absolute Gasteiger partial charge is 0.277 e. The van der Waals surface area contributed by atoms with Gasteiger partial charge >= 0.3 is 0 Å². The maximum absolute atomic E-state index is 12.3. The molecule has 136 valence electrons. The Morgan fingerprint density at radius 2 is 1.75 bits per heavy atom. The Morgan fingerprint density at radius 1 is 1.17 bits per heavy atom. The molecule has 5 nitrogen and oxygen atoms in total. The molecule has 2 N–H and O–H groups in total. The molecule has 0 heterocycles. The number of nitrogens with zero attached hydrogens (tertiary/aromatic N) is 1. The van der Waals surface area contributed by atoms with Crippen LogP contribution in [0.5, 0.6) is 0 Å². The van der Waals surface area contributed by atoms with Gasteiger partial charge in [-0.2, -0.15) is 13.1 Å². The lowest BCUT2D eigenvalue weighted by Crippen LogP contribution is -2.45. The fourth-order valence-electron chi connectivity index (χ4n) is 3.30. The summed E-state index contributed by atoms with van der Waals surface area (Å²) in [4.78, 5) is 2.24. The van der Waals surface area contributed by atoms with Gasteiger partial charge in [0.25, 0.3) is 10.2 Å². The van der Waals surface area contributed by atoms with Gasteiger partial charge in [-0.15, -0.1) is 0 Å². The second-order valence-electron chi connectivity index (χ2n) is 6.24. The molecular formula is C17H28ClN3O2S. The Bertz CT molecular complexity index is 597. The van der Waals surface area contributed by atoms with Crippen LogP contribution in [0.3, 0.4) is 0 Å². The molecule has 7 heteroatoms. The zero-order valence-corrected chi connectivity index (χ0v) is 16.0. The maximum Gasteiger partial charge on any atom is 0.277 e. The quantitative estimate of drug-likeness (QED) is 0.699. The van der Waals surface area contributed by atoms with E-state index in [9.17, 15) is 8.42 Å². The predicted octanol–water partition coefficient (Wildman–Crippen LogP) is 3.09. The first-order chi connectivity index (χ1) is 11.4. The molecule has 0 saturated heterocycles. The van der Waals surface area contributed by atoms with E-state index < -0.39 is 10.2 Å². The molecule has 0 aromatic heterocycles. The zero-order valence-electron chi connectivity index (χ0n) is 14.5. The Morgan fingerprint density at radius 3 is 2.29 bits per heavy atom. The van der Waals surface area contributed by atoms with Gasteiger partial charge in [0, 0.05) is 23.7 Å². The highest BCUT2D eigenvalue weighted by Gasteiger charge is 2.24. The van der Waals surface area contributed by atoms with Crippen LogP contribution in [0.15, 0.2) is 24.3 Å². The van der Waals surface area contributed by atoms with E-state index in [0.717, 1.165) is 44.3 Å². The topological polar surface area (TPSA) is 61.4 Å². The van der Waals surface area contributed by atoms with Crippen molar-refractivity contribution in [1.29, 1.82) is 0 Å². The Kier molecular flexibility index (Phi) is 7.50. The molecule has 0 amide bonds. The lowest BCUT2D eigenvalue weighted by Gasteiger charge is -2.30. The van der Waals surface area contributed by atoms with Crippen LogP contribution >= 0.6 is 11.6 Å². The van der Waals surface area contributed by atoms with Gasteiger partial charge in [-0.1, -0.05) is 50.4 Å². The highest BCUT2D eigenvalue weighted by molar-refractivity contribution is 7.87. The number of benzene rings is 1. The minimum atomic E-state index is -3.48. The maximum atomic E-state index is 12.3. The van der Waals surface area contributed by atoms with Gasteiger partial charge in [0.15, 0.2) is 0 Å². The summed E-state index contributed by atoms with van der Waals surface area (Å²) in [5.74, 6) is 0. The zero-order chi connectivity index (χ0) is 17.6. The molecule has 0 bridgehead atoms. The van der Waals surface area contributed by atoms with Crippen LogP contribution in [-0.4, -0.2) is 39.0 Å². The molecule has 0 aliphatic heterocycles. The second kappa shape index (κ2) is 9.15. The summed E-state index contributed by atoms with van der Waals surface area (Å²) >= 11 is 5.97. The van der Waals surface area contributed by atoms with Crippen LogP contribution in [0.25, 0.3) is 0 Å². The summed E-state index contributed by atoms with van der Waals surface area (Å²) in [6.07, 6.45) is 4.05. The molecule has 1 aliphatic rings. The van der Waals surface area contributed by atoms with Gasteiger partial charge in [0.1, 0.15) is 0 Å². The minimum absolute atomic E-state index is 0.0163. The van der Waals surface area contributed by atoms with Crippen molar-refractivity contribution in [3.05, 3.63) is 34.9 Å². The number of nitrogens with one attached hydrogen (secondary N) is 2. The Balaban J connectivity index is 2.05. The van der Waals surface area contributed by atoms with Crippen LogP contribution in [0, 0.1) is 0 Å². The van der Waals surface area contributed by atoms with Crippen molar-refractivity contribution in [3.8, 4) is 0 Å². The van der Waals surface area contributed by atoms with Crippen molar-refractivity contribution in [2.24, 2.45) is 0 Å². The van der Waals surface area contributed by atoms with Crippen LogP contribution in [0.1, 0.15) is 51.1 Å². The van der Waals surface area contributed by atoms with E-state index >= 15 is 0 Å². The fraction of sp³-hybridized carbons (Fsp3) is 0.647. The molecule has 1 aliphatic carbocycles. The summed E-state index contributed by atoms with van der Waals surface area (Å²) in [6.45, 7) is 6.20. The summed E-state index contributed by atoms with van der Waals surface area (Å²) in [7, 11) is -3.48. The van der Waals surface area contributed by atoms with Crippen LogP contribution < -0.4 is 9.44 Å². The van der Waals surface area contributed by atoms with Crippen molar-refractivity contribution in [1.82, 2.24) is 14.3 Å². The van der Waals surface area contributed by atoms with E-state index in [1.807, 2.05) is 24.3 Å². The lowest BCUT2D eigenvalue weighted by atomic mass is 10.1. The minimum Gasteiger partial charge on any atom is -0.296 e. The summed E-state index contributed by atoms with van der Waals surface area (Å²) in [5.41, 5.74) is 1.06. The fourth-order valence-corrected chi connectivity index (χ4v) is 4.56. The average molecular weight is 374 g/mol. The van der Waals surface area contributed by atoms with E-state index in [2.05, 4.69) is 28.2 Å². The van der Waals surface area contributed by atoms with Crippen molar-refractivity contribution < 1.29 is 8.42 Å². The Hall–Kier alpha value is -0.660. The normalized spacial score (nSPS) is 17.5. The largest absolute Gasteiger partial charge is 0.296 e. The number of hydrogen-bond acceptors (Lipinski definition) is 3. The summed E-state index contributed by atoms with van der Waals surface area (Å²) < 4.78 is 30.1. The number of halogens is 1.